The molecule has 0 radical (unpaired) electrons. The van der Waals surface area contributed by atoms with Gasteiger partial charge in [-0.15, -0.1) is 0 Å². The molecule has 0 aliphatic rings. The number of anilines is 2. The van der Waals surface area contributed by atoms with Gasteiger partial charge in [0, 0.05) is 17.8 Å². The van der Waals surface area contributed by atoms with Gasteiger partial charge >= 0.3 is 6.03 Å². The molecule has 0 heterocycles. The fourth-order valence-corrected chi connectivity index (χ4v) is 1.72. The Hall–Kier alpha value is -2.47. The molecule has 0 unspecified atom stereocenters. The first-order chi connectivity index (χ1) is 9.61. The Kier molecular flexibility index (Phi) is 4.27. The molecule has 0 aliphatic carbocycles. The number of rotatable bonds is 3. The number of carbonyl (C=O) groups excluding carboxylic acids is 1. The largest absolute Gasteiger partial charge is 0.326 e. The van der Waals surface area contributed by atoms with Gasteiger partial charge in [0.05, 0.1) is 5.69 Å². The van der Waals surface area contributed by atoms with Crippen molar-refractivity contribution < 1.29 is 13.6 Å². The van der Waals surface area contributed by atoms with Gasteiger partial charge in [0.2, 0.25) is 0 Å². The Balaban J connectivity index is 2.13. The highest BCUT2D eigenvalue weighted by Crippen LogP contribution is 2.19. The molecule has 0 fully saturated rings. The Labute approximate surface area is 114 Å². The summed E-state index contributed by atoms with van der Waals surface area (Å²) < 4.78 is 26.9. The average molecular weight is 277 g/mol. The first-order valence-electron chi connectivity index (χ1n) is 5.92. The molecule has 2 aromatic carbocycles. The van der Waals surface area contributed by atoms with E-state index in [0.717, 1.165) is 0 Å². The van der Waals surface area contributed by atoms with Crippen LogP contribution in [0.1, 0.15) is 5.56 Å². The number of para-hydroxylation sites is 1. The summed E-state index contributed by atoms with van der Waals surface area (Å²) in [6, 6.07) is 9.30. The number of nitrogens with two attached hydrogens (primary N) is 1. The number of urea groups is 1. The van der Waals surface area contributed by atoms with Gasteiger partial charge in [-0.2, -0.15) is 0 Å². The zero-order valence-electron chi connectivity index (χ0n) is 10.5. The van der Waals surface area contributed by atoms with Crippen LogP contribution >= 0.6 is 0 Å². The second-order valence-corrected chi connectivity index (χ2v) is 4.03. The van der Waals surface area contributed by atoms with Crippen LogP contribution in [0, 0.1) is 11.6 Å². The van der Waals surface area contributed by atoms with Crippen molar-refractivity contribution in [2.45, 2.75) is 6.54 Å². The van der Waals surface area contributed by atoms with E-state index in [1.165, 1.54) is 36.4 Å². The summed E-state index contributed by atoms with van der Waals surface area (Å²) in [5.41, 5.74) is 5.91. The van der Waals surface area contributed by atoms with E-state index in [1.807, 2.05) is 0 Å². The first kappa shape index (κ1) is 14.0. The number of benzene rings is 2. The fraction of sp³-hybridized carbons (Fsp3) is 0.0714. The van der Waals surface area contributed by atoms with Crippen LogP contribution in [-0.4, -0.2) is 6.03 Å². The number of halogens is 2. The van der Waals surface area contributed by atoms with Gasteiger partial charge in [0.25, 0.3) is 0 Å². The van der Waals surface area contributed by atoms with Crippen molar-refractivity contribution in [3.05, 3.63) is 59.7 Å². The maximum atomic E-state index is 13.5. The monoisotopic (exact) mass is 277 g/mol. The highest BCUT2D eigenvalue weighted by molar-refractivity contribution is 6.00. The van der Waals surface area contributed by atoms with Crippen molar-refractivity contribution in [1.29, 1.82) is 0 Å². The molecule has 104 valence electrons. The Morgan fingerprint density at radius 1 is 0.950 bits per heavy atom. The average Bonchev–Trinajstić information content (AvgIpc) is 2.42. The van der Waals surface area contributed by atoms with Crippen LogP contribution in [0.15, 0.2) is 42.5 Å². The zero-order valence-corrected chi connectivity index (χ0v) is 10.5. The standard InChI is InChI=1S/C14H13F2N3O/c15-10-5-3-7-12(9(10)8-17)18-14(20)19-13-6-2-1-4-11(13)16/h1-7H,8,17H2,(H2,18,19,20). The minimum Gasteiger partial charge on any atom is -0.326 e. The summed E-state index contributed by atoms with van der Waals surface area (Å²) in [6.45, 7) is -0.0536. The van der Waals surface area contributed by atoms with Crippen molar-refractivity contribution in [1.82, 2.24) is 0 Å². The lowest BCUT2D eigenvalue weighted by molar-refractivity contribution is 0.262. The number of hydrogen-bond acceptors (Lipinski definition) is 2. The van der Waals surface area contributed by atoms with Crippen LogP contribution in [0.4, 0.5) is 25.0 Å². The van der Waals surface area contributed by atoms with Crippen molar-refractivity contribution in [3.8, 4) is 0 Å². The van der Waals surface area contributed by atoms with E-state index in [1.54, 1.807) is 6.07 Å². The number of amides is 2. The molecule has 0 saturated heterocycles. The maximum Gasteiger partial charge on any atom is 0.323 e. The molecule has 2 aromatic rings. The van der Waals surface area contributed by atoms with Gasteiger partial charge in [-0.25, -0.2) is 13.6 Å². The zero-order chi connectivity index (χ0) is 14.5. The lowest BCUT2D eigenvalue weighted by Gasteiger charge is -2.11. The minimum atomic E-state index is -0.671. The number of nitrogens with one attached hydrogen (secondary N) is 2. The minimum absolute atomic E-state index is 0.0377. The molecule has 0 spiro atoms. The van der Waals surface area contributed by atoms with Gasteiger partial charge in [-0.05, 0) is 24.3 Å². The van der Waals surface area contributed by atoms with Crippen LogP contribution in [0.5, 0.6) is 0 Å². The molecular formula is C14H13F2N3O. The summed E-state index contributed by atoms with van der Waals surface area (Å²) in [5.74, 6) is -1.06. The van der Waals surface area contributed by atoms with Gasteiger partial charge in [0.1, 0.15) is 11.6 Å². The van der Waals surface area contributed by atoms with E-state index < -0.39 is 17.7 Å². The normalized spacial score (nSPS) is 10.2. The lowest BCUT2D eigenvalue weighted by atomic mass is 10.1. The van der Waals surface area contributed by atoms with Gasteiger partial charge < -0.3 is 16.4 Å². The quantitative estimate of drug-likeness (QED) is 0.807. The first-order valence-corrected chi connectivity index (χ1v) is 5.92. The Morgan fingerprint density at radius 2 is 1.55 bits per heavy atom. The third-order valence-corrected chi connectivity index (χ3v) is 2.69. The van der Waals surface area contributed by atoms with Crippen LogP contribution in [-0.2, 0) is 6.54 Å². The van der Waals surface area contributed by atoms with Gasteiger partial charge in [-0.1, -0.05) is 18.2 Å². The van der Waals surface area contributed by atoms with E-state index in [-0.39, 0.29) is 23.5 Å². The lowest BCUT2D eigenvalue weighted by Crippen LogP contribution is -2.21. The van der Waals surface area contributed by atoms with Crippen molar-refractivity contribution in [3.63, 3.8) is 0 Å². The van der Waals surface area contributed by atoms with Crippen molar-refractivity contribution in [2.75, 3.05) is 10.6 Å². The fourth-order valence-electron chi connectivity index (χ4n) is 1.72. The molecule has 4 N–H and O–H groups in total. The molecule has 4 nitrogen and oxygen atoms in total. The van der Waals surface area contributed by atoms with Crippen molar-refractivity contribution in [2.24, 2.45) is 5.73 Å². The topological polar surface area (TPSA) is 67.1 Å². The highest BCUT2D eigenvalue weighted by Gasteiger charge is 2.11. The molecular weight excluding hydrogens is 264 g/mol. The van der Waals surface area contributed by atoms with E-state index in [9.17, 15) is 13.6 Å². The van der Waals surface area contributed by atoms with E-state index >= 15 is 0 Å². The van der Waals surface area contributed by atoms with Gasteiger partial charge in [-0.3, -0.25) is 0 Å². The summed E-state index contributed by atoms with van der Waals surface area (Å²) >= 11 is 0. The predicted molar refractivity (Wildman–Crippen MR) is 73.3 cm³/mol. The SMILES string of the molecule is NCc1c(F)cccc1NC(=O)Nc1ccccc1F. The number of carbonyl (C=O) groups is 1. The Bertz CT molecular complexity index is 632. The molecule has 2 rings (SSSR count). The molecule has 20 heavy (non-hydrogen) atoms. The molecule has 6 heteroatoms. The number of hydrogen-bond donors (Lipinski definition) is 3. The molecule has 0 saturated carbocycles. The predicted octanol–water partition coefficient (Wildman–Crippen LogP) is 3.07. The third-order valence-electron chi connectivity index (χ3n) is 2.69. The van der Waals surface area contributed by atoms with E-state index in [2.05, 4.69) is 10.6 Å². The molecule has 2 amide bonds. The molecule has 0 atom stereocenters. The molecule has 0 bridgehead atoms. The van der Waals surface area contributed by atoms with Crippen LogP contribution in [0.25, 0.3) is 0 Å². The van der Waals surface area contributed by atoms with Crippen LogP contribution < -0.4 is 16.4 Å². The van der Waals surface area contributed by atoms with Gasteiger partial charge in [0.15, 0.2) is 0 Å². The van der Waals surface area contributed by atoms with Crippen LogP contribution in [0.3, 0.4) is 0 Å². The summed E-state index contributed by atoms with van der Waals surface area (Å²) in [5, 5.41) is 4.78. The smallest absolute Gasteiger partial charge is 0.323 e. The summed E-state index contributed by atoms with van der Waals surface area (Å²) in [6.07, 6.45) is 0. The van der Waals surface area contributed by atoms with Crippen molar-refractivity contribution >= 4 is 17.4 Å². The van der Waals surface area contributed by atoms with Crippen LogP contribution in [0.2, 0.25) is 0 Å². The van der Waals surface area contributed by atoms with E-state index in [4.69, 9.17) is 5.73 Å². The van der Waals surface area contributed by atoms with E-state index in [0.29, 0.717) is 0 Å². The third kappa shape index (κ3) is 3.10. The molecule has 0 aliphatic heterocycles. The molecule has 0 aromatic heterocycles. The summed E-state index contributed by atoms with van der Waals surface area (Å²) in [7, 11) is 0. The Morgan fingerprint density at radius 3 is 2.25 bits per heavy atom. The second kappa shape index (κ2) is 6.12. The highest BCUT2D eigenvalue weighted by atomic mass is 19.1. The second-order valence-electron chi connectivity index (χ2n) is 4.03. The summed E-state index contributed by atoms with van der Waals surface area (Å²) in [4.78, 5) is 11.8. The maximum absolute atomic E-state index is 13.5.